The van der Waals surface area contributed by atoms with Crippen molar-refractivity contribution in [3.63, 3.8) is 0 Å². The Bertz CT molecular complexity index is 1050. The summed E-state index contributed by atoms with van der Waals surface area (Å²) in [5, 5.41) is 14.7. The van der Waals surface area contributed by atoms with Gasteiger partial charge in [-0.3, -0.25) is 9.36 Å². The van der Waals surface area contributed by atoms with Crippen LogP contribution in [0, 0.1) is 6.92 Å². The van der Waals surface area contributed by atoms with Crippen LogP contribution >= 0.6 is 0 Å². The summed E-state index contributed by atoms with van der Waals surface area (Å²) in [6.07, 6.45) is -0.373. The molecule has 0 atom stereocenters. The highest BCUT2D eigenvalue weighted by Crippen LogP contribution is 2.34. The van der Waals surface area contributed by atoms with E-state index >= 15 is 0 Å². The summed E-state index contributed by atoms with van der Waals surface area (Å²) in [7, 11) is 0. The first-order valence-electron chi connectivity index (χ1n) is 9.87. The third kappa shape index (κ3) is 4.62. The van der Waals surface area contributed by atoms with Crippen LogP contribution in [0.2, 0.25) is 0 Å². The van der Waals surface area contributed by atoms with E-state index in [0.717, 1.165) is 6.20 Å². The zero-order valence-electron chi connectivity index (χ0n) is 18.3. The maximum absolute atomic E-state index is 13.2. The average Bonchev–Trinajstić information content (AvgIpc) is 3.30. The van der Waals surface area contributed by atoms with Crippen LogP contribution in [0.3, 0.4) is 0 Å². The zero-order valence-corrected chi connectivity index (χ0v) is 18.3. The lowest BCUT2D eigenvalue weighted by atomic mass is 10.1. The van der Waals surface area contributed by atoms with Crippen molar-refractivity contribution in [3.05, 3.63) is 35.8 Å². The Labute approximate surface area is 178 Å². The molecule has 0 aromatic carbocycles. The van der Waals surface area contributed by atoms with Crippen molar-refractivity contribution in [2.45, 2.75) is 59.3 Å². The van der Waals surface area contributed by atoms with Crippen LogP contribution in [0.15, 0.2) is 18.7 Å². The van der Waals surface area contributed by atoms with Gasteiger partial charge in [-0.1, -0.05) is 0 Å². The first-order chi connectivity index (χ1) is 14.4. The standard InChI is InChI=1S/C19H26F3N9/c1-7-23-15-13(19(20,21)22)8-24-17(27-15)26-14-9-31(28-12(14)4)18(5,6)16-25-10-30(29-16)11(2)3/h8-11H,7H2,1-6H3,(H2,23,24,26,27). The number of aromatic nitrogens is 7. The number of rotatable bonds is 7. The minimum atomic E-state index is -4.55. The van der Waals surface area contributed by atoms with Crippen molar-refractivity contribution < 1.29 is 13.2 Å². The topological polar surface area (TPSA) is 98.4 Å². The third-order valence-electron chi connectivity index (χ3n) is 4.74. The summed E-state index contributed by atoms with van der Waals surface area (Å²) in [5.41, 5.74) is -0.371. The number of anilines is 3. The van der Waals surface area contributed by atoms with Gasteiger partial charge in [0.2, 0.25) is 5.95 Å². The predicted molar refractivity (Wildman–Crippen MR) is 110 cm³/mol. The second-order valence-electron chi connectivity index (χ2n) is 7.88. The summed E-state index contributed by atoms with van der Waals surface area (Å²) < 4.78 is 43.0. The second kappa shape index (κ2) is 8.16. The molecule has 0 amide bonds. The van der Waals surface area contributed by atoms with Crippen LogP contribution < -0.4 is 10.6 Å². The van der Waals surface area contributed by atoms with Gasteiger partial charge in [-0.05, 0) is 41.5 Å². The number of hydrogen-bond acceptors (Lipinski definition) is 7. The van der Waals surface area contributed by atoms with Crippen LogP contribution in [-0.2, 0) is 11.7 Å². The first kappa shape index (κ1) is 22.5. The molecule has 12 heteroatoms. The average molecular weight is 437 g/mol. The molecule has 0 saturated heterocycles. The van der Waals surface area contributed by atoms with Crippen molar-refractivity contribution in [3.8, 4) is 0 Å². The molecule has 0 unspecified atom stereocenters. The van der Waals surface area contributed by atoms with E-state index < -0.39 is 17.3 Å². The van der Waals surface area contributed by atoms with Gasteiger partial charge < -0.3 is 10.6 Å². The SMILES string of the molecule is CCNc1nc(Nc2cn(C(C)(C)c3ncn(C(C)C)n3)nc2C)ncc1C(F)(F)F. The molecule has 0 aliphatic carbocycles. The Morgan fingerprint density at radius 2 is 1.84 bits per heavy atom. The van der Waals surface area contributed by atoms with Crippen molar-refractivity contribution in [1.82, 2.24) is 34.5 Å². The maximum atomic E-state index is 13.2. The van der Waals surface area contributed by atoms with E-state index in [1.165, 1.54) is 0 Å². The molecule has 0 radical (unpaired) electrons. The Morgan fingerprint density at radius 1 is 1.13 bits per heavy atom. The van der Waals surface area contributed by atoms with E-state index in [1.807, 2.05) is 27.7 Å². The number of nitrogens with zero attached hydrogens (tertiary/aromatic N) is 7. The van der Waals surface area contributed by atoms with Gasteiger partial charge in [-0.2, -0.15) is 28.4 Å². The predicted octanol–water partition coefficient (Wildman–Crippen LogP) is 4.13. The van der Waals surface area contributed by atoms with E-state index in [2.05, 4.69) is 35.8 Å². The van der Waals surface area contributed by atoms with Gasteiger partial charge in [0.25, 0.3) is 0 Å². The molecule has 2 N–H and O–H groups in total. The molecule has 168 valence electrons. The lowest BCUT2D eigenvalue weighted by Gasteiger charge is -2.21. The highest BCUT2D eigenvalue weighted by molar-refractivity contribution is 5.58. The molecule has 0 saturated carbocycles. The molecule has 3 aromatic rings. The van der Waals surface area contributed by atoms with E-state index in [9.17, 15) is 13.2 Å². The summed E-state index contributed by atoms with van der Waals surface area (Å²) in [5.74, 6) is 0.350. The fourth-order valence-corrected chi connectivity index (χ4v) is 2.85. The molecule has 3 aromatic heterocycles. The molecule has 9 nitrogen and oxygen atoms in total. The van der Waals surface area contributed by atoms with Crippen LogP contribution in [0.1, 0.15) is 57.7 Å². The highest BCUT2D eigenvalue weighted by atomic mass is 19.4. The quantitative estimate of drug-likeness (QED) is 0.573. The Hall–Kier alpha value is -3.18. The minimum Gasteiger partial charge on any atom is -0.370 e. The number of halogens is 3. The van der Waals surface area contributed by atoms with Gasteiger partial charge in [0.15, 0.2) is 5.82 Å². The molecule has 31 heavy (non-hydrogen) atoms. The van der Waals surface area contributed by atoms with Crippen molar-refractivity contribution in [2.75, 3.05) is 17.2 Å². The van der Waals surface area contributed by atoms with E-state index in [4.69, 9.17) is 0 Å². The number of hydrogen-bond donors (Lipinski definition) is 2. The molecule has 3 heterocycles. The first-order valence-corrected chi connectivity index (χ1v) is 9.87. The van der Waals surface area contributed by atoms with Gasteiger partial charge in [0, 0.05) is 25.0 Å². The number of alkyl halides is 3. The number of aryl methyl sites for hydroxylation is 1. The van der Waals surface area contributed by atoms with Crippen molar-refractivity contribution >= 4 is 17.5 Å². The zero-order chi connectivity index (χ0) is 23.0. The summed E-state index contributed by atoms with van der Waals surface area (Å²) in [6.45, 7) is 11.7. The lowest BCUT2D eigenvalue weighted by molar-refractivity contribution is -0.137. The minimum absolute atomic E-state index is 0.0339. The third-order valence-corrected chi connectivity index (χ3v) is 4.74. The fraction of sp³-hybridized carbons (Fsp3) is 0.526. The molecule has 0 aliphatic rings. The van der Waals surface area contributed by atoms with Crippen LogP contribution in [0.4, 0.5) is 30.6 Å². The Balaban J connectivity index is 1.90. The molecule has 0 fully saturated rings. The molecule has 0 spiro atoms. The van der Waals surface area contributed by atoms with Crippen LogP contribution in [0.25, 0.3) is 0 Å². The van der Waals surface area contributed by atoms with E-state index in [-0.39, 0.29) is 17.8 Å². The fourth-order valence-electron chi connectivity index (χ4n) is 2.85. The second-order valence-corrected chi connectivity index (χ2v) is 7.88. The van der Waals surface area contributed by atoms with Crippen molar-refractivity contribution in [2.24, 2.45) is 0 Å². The lowest BCUT2D eigenvalue weighted by Crippen LogP contribution is -2.30. The van der Waals surface area contributed by atoms with Gasteiger partial charge in [0.05, 0.1) is 11.4 Å². The van der Waals surface area contributed by atoms with Crippen molar-refractivity contribution in [1.29, 1.82) is 0 Å². The normalized spacial score (nSPS) is 12.5. The summed E-state index contributed by atoms with van der Waals surface area (Å²) in [4.78, 5) is 12.2. The Morgan fingerprint density at radius 3 is 2.42 bits per heavy atom. The highest BCUT2D eigenvalue weighted by Gasteiger charge is 2.35. The summed E-state index contributed by atoms with van der Waals surface area (Å²) >= 11 is 0. The van der Waals surface area contributed by atoms with Gasteiger partial charge >= 0.3 is 6.18 Å². The number of nitrogens with one attached hydrogen (secondary N) is 2. The van der Waals surface area contributed by atoms with E-state index in [1.54, 1.807) is 35.7 Å². The van der Waals surface area contributed by atoms with Crippen LogP contribution in [-0.4, -0.2) is 41.1 Å². The van der Waals surface area contributed by atoms with E-state index in [0.29, 0.717) is 23.8 Å². The maximum Gasteiger partial charge on any atom is 0.421 e. The molecule has 3 rings (SSSR count). The van der Waals surface area contributed by atoms with Gasteiger partial charge in [-0.25, -0.2) is 9.97 Å². The Kier molecular flexibility index (Phi) is 5.92. The monoisotopic (exact) mass is 437 g/mol. The summed E-state index contributed by atoms with van der Waals surface area (Å²) in [6, 6.07) is 0.177. The van der Waals surface area contributed by atoms with Gasteiger partial charge in [-0.15, -0.1) is 0 Å². The molecule has 0 bridgehead atoms. The van der Waals surface area contributed by atoms with Crippen LogP contribution in [0.5, 0.6) is 0 Å². The van der Waals surface area contributed by atoms with Gasteiger partial charge in [0.1, 0.15) is 23.2 Å². The molecular formula is C19H26F3N9. The smallest absolute Gasteiger partial charge is 0.370 e. The largest absolute Gasteiger partial charge is 0.421 e. The molecule has 0 aliphatic heterocycles. The molecular weight excluding hydrogens is 411 g/mol.